The lowest BCUT2D eigenvalue weighted by atomic mass is 9.98. The summed E-state index contributed by atoms with van der Waals surface area (Å²) in [5.74, 6) is -0.143. The molecular weight excluding hydrogens is 459 g/mol. The van der Waals surface area contributed by atoms with E-state index >= 15 is 0 Å². The number of primary amides is 1. The fourth-order valence-electron chi connectivity index (χ4n) is 5.19. The molecule has 3 unspecified atom stereocenters. The number of piperidine rings is 1. The molecule has 0 radical (unpaired) electrons. The number of nitrogens with two attached hydrogens (primary N) is 2. The Kier molecular flexibility index (Phi) is 5.41. The molecule has 1 aliphatic carbocycles. The predicted octanol–water partition coefficient (Wildman–Crippen LogP) is 2.72. The number of nitrogen functional groups attached to an aromatic ring is 1. The third-order valence-electron chi connectivity index (χ3n) is 6.68. The lowest BCUT2D eigenvalue weighted by molar-refractivity contribution is 0.100. The van der Waals surface area contributed by atoms with Gasteiger partial charge in [-0.25, -0.2) is 19.0 Å². The topological polar surface area (TPSA) is 138 Å². The summed E-state index contributed by atoms with van der Waals surface area (Å²) < 4.78 is 15.9. The number of carbonyl (C=O) groups is 1. The Morgan fingerprint density at radius 1 is 1.15 bits per heavy atom. The monoisotopic (exact) mass is 480 g/mol. The van der Waals surface area contributed by atoms with Crippen LogP contribution in [0, 0.1) is 11.7 Å². The molecule has 2 aliphatic rings. The van der Waals surface area contributed by atoms with Gasteiger partial charge in [0.1, 0.15) is 23.7 Å². The number of nitrogens with one attached hydrogen (secondary N) is 1. The van der Waals surface area contributed by atoms with Crippen LogP contribution in [-0.2, 0) is 0 Å². The van der Waals surface area contributed by atoms with Gasteiger partial charge in [-0.3, -0.25) is 9.78 Å². The minimum Gasteiger partial charge on any atom is -0.383 e. The van der Waals surface area contributed by atoms with Crippen LogP contribution >= 0.6 is 12.4 Å². The number of pyridine rings is 1. The van der Waals surface area contributed by atoms with Gasteiger partial charge < -0.3 is 16.8 Å². The molecule has 34 heavy (non-hydrogen) atoms. The number of carbonyl (C=O) groups excluding carboxylic acids is 1. The van der Waals surface area contributed by atoms with Crippen molar-refractivity contribution in [3.63, 3.8) is 0 Å². The fraction of sp³-hybridized carbons (Fsp3) is 0.261. The van der Waals surface area contributed by atoms with Crippen molar-refractivity contribution >= 4 is 35.2 Å². The Morgan fingerprint density at radius 3 is 2.71 bits per heavy atom. The second-order valence-corrected chi connectivity index (χ2v) is 8.65. The van der Waals surface area contributed by atoms with E-state index in [0.29, 0.717) is 51.3 Å². The van der Waals surface area contributed by atoms with E-state index in [1.165, 1.54) is 24.7 Å². The summed E-state index contributed by atoms with van der Waals surface area (Å²) in [5, 5.41) is 9.13. The SMILES string of the molecule is Cl.NC(=O)c1ccc(-c2nn(C3CC4CNC3C4)c3ncnc(N)c23)cc1-c1cc(F)ccn1. The van der Waals surface area contributed by atoms with E-state index in [1.807, 2.05) is 4.68 Å². The second kappa shape index (κ2) is 8.30. The maximum atomic E-state index is 13.9. The maximum absolute atomic E-state index is 13.9. The predicted molar refractivity (Wildman–Crippen MR) is 128 cm³/mol. The van der Waals surface area contributed by atoms with Crippen LogP contribution in [0.5, 0.6) is 0 Å². The van der Waals surface area contributed by atoms with Gasteiger partial charge in [0.05, 0.1) is 17.1 Å². The molecule has 9 nitrogen and oxygen atoms in total. The second-order valence-electron chi connectivity index (χ2n) is 8.65. The van der Waals surface area contributed by atoms with E-state index in [9.17, 15) is 9.18 Å². The molecule has 4 aromatic rings. The molecule has 6 rings (SSSR count). The van der Waals surface area contributed by atoms with Gasteiger partial charge in [0.25, 0.3) is 0 Å². The van der Waals surface area contributed by atoms with Gasteiger partial charge in [0.15, 0.2) is 5.65 Å². The first-order chi connectivity index (χ1) is 16.0. The van der Waals surface area contributed by atoms with Crippen LogP contribution in [0.25, 0.3) is 33.5 Å². The van der Waals surface area contributed by atoms with E-state index < -0.39 is 11.7 Å². The average Bonchev–Trinajstić information content (AvgIpc) is 3.53. The van der Waals surface area contributed by atoms with Crippen molar-refractivity contribution in [1.82, 2.24) is 30.0 Å². The van der Waals surface area contributed by atoms with Gasteiger partial charge in [0.2, 0.25) is 5.91 Å². The van der Waals surface area contributed by atoms with Crippen LogP contribution in [0.15, 0.2) is 42.9 Å². The number of hydrogen-bond acceptors (Lipinski definition) is 7. The summed E-state index contributed by atoms with van der Waals surface area (Å²) >= 11 is 0. The minimum absolute atomic E-state index is 0. The molecule has 3 atom stereocenters. The van der Waals surface area contributed by atoms with E-state index in [4.69, 9.17) is 16.6 Å². The number of nitrogens with zero attached hydrogens (tertiary/aromatic N) is 5. The summed E-state index contributed by atoms with van der Waals surface area (Å²) in [6, 6.07) is 8.10. The van der Waals surface area contributed by atoms with E-state index in [-0.39, 0.29) is 24.0 Å². The lowest BCUT2D eigenvalue weighted by Gasteiger charge is -2.23. The van der Waals surface area contributed by atoms with Crippen molar-refractivity contribution in [2.24, 2.45) is 11.7 Å². The number of hydrogen-bond donors (Lipinski definition) is 3. The summed E-state index contributed by atoms with van der Waals surface area (Å²) in [6.45, 7) is 1.03. The van der Waals surface area contributed by atoms with Crippen LogP contribution < -0.4 is 16.8 Å². The van der Waals surface area contributed by atoms with E-state index in [2.05, 4.69) is 20.3 Å². The number of benzene rings is 1. The zero-order valence-corrected chi connectivity index (χ0v) is 18.8. The summed E-state index contributed by atoms with van der Waals surface area (Å²) in [6.07, 6.45) is 4.93. The number of aromatic nitrogens is 5. The van der Waals surface area contributed by atoms with Crippen LogP contribution in [0.3, 0.4) is 0 Å². The molecule has 1 saturated heterocycles. The molecular formula is C23H22ClFN8O. The highest BCUT2D eigenvalue weighted by molar-refractivity contribution is 6.03. The molecule has 174 valence electrons. The summed E-state index contributed by atoms with van der Waals surface area (Å²) in [5.41, 5.74) is 14.8. The Balaban J connectivity index is 0.00000241. The van der Waals surface area contributed by atoms with Crippen molar-refractivity contribution in [3.8, 4) is 22.5 Å². The van der Waals surface area contributed by atoms with Gasteiger partial charge in [-0.2, -0.15) is 5.10 Å². The smallest absolute Gasteiger partial charge is 0.249 e. The number of anilines is 1. The van der Waals surface area contributed by atoms with Crippen LogP contribution in [-0.4, -0.2) is 43.2 Å². The normalized spacial score (nSPS) is 21.0. The molecule has 5 N–H and O–H groups in total. The van der Waals surface area contributed by atoms with Crippen molar-refractivity contribution < 1.29 is 9.18 Å². The van der Waals surface area contributed by atoms with Gasteiger partial charge in [-0.15, -0.1) is 12.4 Å². The zero-order valence-electron chi connectivity index (χ0n) is 18.0. The highest BCUT2D eigenvalue weighted by Crippen LogP contribution is 2.42. The van der Waals surface area contributed by atoms with Crippen molar-refractivity contribution in [2.75, 3.05) is 12.3 Å². The Bertz CT molecular complexity index is 1420. The van der Waals surface area contributed by atoms with E-state index in [1.54, 1.807) is 18.2 Å². The molecule has 1 saturated carbocycles. The summed E-state index contributed by atoms with van der Waals surface area (Å²) in [4.78, 5) is 25.0. The Morgan fingerprint density at radius 2 is 2.00 bits per heavy atom. The largest absolute Gasteiger partial charge is 0.383 e. The minimum atomic E-state index is -0.631. The molecule has 3 aromatic heterocycles. The van der Waals surface area contributed by atoms with Crippen LogP contribution in [0.1, 0.15) is 29.2 Å². The first kappa shape index (κ1) is 22.2. The Labute approximate surface area is 200 Å². The van der Waals surface area contributed by atoms with Gasteiger partial charge >= 0.3 is 0 Å². The quantitative estimate of drug-likeness (QED) is 0.408. The van der Waals surface area contributed by atoms with Gasteiger partial charge in [-0.1, -0.05) is 6.07 Å². The van der Waals surface area contributed by atoms with Crippen LogP contribution in [0.4, 0.5) is 10.2 Å². The first-order valence-corrected chi connectivity index (χ1v) is 10.8. The van der Waals surface area contributed by atoms with Crippen LogP contribution in [0.2, 0.25) is 0 Å². The molecule has 2 fully saturated rings. The molecule has 2 bridgehead atoms. The van der Waals surface area contributed by atoms with E-state index in [0.717, 1.165) is 19.4 Å². The number of halogens is 2. The fourth-order valence-corrected chi connectivity index (χ4v) is 5.19. The number of amides is 1. The maximum Gasteiger partial charge on any atom is 0.249 e. The standard InChI is InChI=1S/C23H21FN8O.ClH/c24-13-3-4-27-16(8-13)15-7-12(1-2-14(15)22(26)33)20-19-21(25)29-10-30-23(19)32(31-20)18-6-11-5-17(18)28-9-11;/h1-4,7-8,10-11,17-18,28H,5-6,9H2,(H2,26,33)(H2,25,29,30);1H. The molecule has 0 spiro atoms. The lowest BCUT2D eigenvalue weighted by Crippen LogP contribution is -2.35. The van der Waals surface area contributed by atoms with Crippen molar-refractivity contribution in [2.45, 2.75) is 24.9 Å². The molecule has 4 heterocycles. The highest BCUT2D eigenvalue weighted by Gasteiger charge is 2.42. The Hall–Kier alpha value is -3.63. The summed E-state index contributed by atoms with van der Waals surface area (Å²) in [7, 11) is 0. The molecule has 1 aliphatic heterocycles. The average molecular weight is 481 g/mol. The first-order valence-electron chi connectivity index (χ1n) is 10.8. The zero-order chi connectivity index (χ0) is 22.7. The van der Waals surface area contributed by atoms with Gasteiger partial charge in [0, 0.05) is 35.0 Å². The third kappa shape index (κ3) is 3.46. The van der Waals surface area contributed by atoms with Gasteiger partial charge in [-0.05, 0) is 43.5 Å². The molecule has 11 heteroatoms. The van der Waals surface area contributed by atoms with Crippen molar-refractivity contribution in [3.05, 3.63) is 54.2 Å². The molecule has 1 aromatic carbocycles. The number of fused-ring (bicyclic) bond motifs is 3. The number of rotatable bonds is 4. The molecule has 1 amide bonds. The third-order valence-corrected chi connectivity index (χ3v) is 6.68. The highest BCUT2D eigenvalue weighted by atomic mass is 35.5. The van der Waals surface area contributed by atoms with Crippen molar-refractivity contribution in [1.29, 1.82) is 0 Å².